The number of anilines is 1. The SMILES string of the molecule is Nc1ncc(I)c2cc(-c3c(-c4ccccc4)sc4cnccc34)oc12. The summed E-state index contributed by atoms with van der Waals surface area (Å²) in [5.74, 6) is 1.21. The van der Waals surface area contributed by atoms with Gasteiger partial charge >= 0.3 is 0 Å². The molecule has 0 fully saturated rings. The van der Waals surface area contributed by atoms with E-state index in [-0.39, 0.29) is 0 Å². The Labute approximate surface area is 166 Å². The Morgan fingerprint density at radius 1 is 1.04 bits per heavy atom. The maximum Gasteiger partial charge on any atom is 0.177 e. The number of benzene rings is 1. The van der Waals surface area contributed by atoms with Gasteiger partial charge in [-0.05, 0) is 40.3 Å². The van der Waals surface area contributed by atoms with Crippen LogP contribution in [0.5, 0.6) is 0 Å². The molecule has 0 radical (unpaired) electrons. The highest BCUT2D eigenvalue weighted by molar-refractivity contribution is 14.1. The lowest BCUT2D eigenvalue weighted by Crippen LogP contribution is -1.90. The average molecular weight is 469 g/mol. The molecule has 0 amide bonds. The maximum atomic E-state index is 6.19. The minimum Gasteiger partial charge on any atom is -0.452 e. The number of hydrogen-bond donors (Lipinski definition) is 1. The molecule has 26 heavy (non-hydrogen) atoms. The number of pyridine rings is 2. The van der Waals surface area contributed by atoms with Crippen molar-refractivity contribution in [3.63, 3.8) is 0 Å². The lowest BCUT2D eigenvalue weighted by atomic mass is 10.0. The Kier molecular flexibility index (Phi) is 3.68. The first-order valence-electron chi connectivity index (χ1n) is 7.98. The Bertz CT molecular complexity index is 1220. The summed E-state index contributed by atoms with van der Waals surface area (Å²) >= 11 is 3.98. The summed E-state index contributed by atoms with van der Waals surface area (Å²) < 4.78 is 8.33. The van der Waals surface area contributed by atoms with E-state index in [1.54, 1.807) is 17.5 Å². The van der Waals surface area contributed by atoms with Crippen molar-refractivity contribution in [3.05, 3.63) is 64.6 Å². The van der Waals surface area contributed by atoms with Crippen LogP contribution in [0.25, 0.3) is 42.8 Å². The van der Waals surface area contributed by atoms with Gasteiger partial charge in [0, 0.05) is 43.4 Å². The van der Waals surface area contributed by atoms with Crippen LogP contribution in [0.2, 0.25) is 0 Å². The summed E-state index contributed by atoms with van der Waals surface area (Å²) in [4.78, 5) is 9.65. The van der Waals surface area contributed by atoms with E-state index in [1.165, 1.54) is 0 Å². The van der Waals surface area contributed by atoms with Crippen molar-refractivity contribution < 1.29 is 4.42 Å². The van der Waals surface area contributed by atoms with Crippen LogP contribution in [0.3, 0.4) is 0 Å². The number of nitrogens with two attached hydrogens (primary N) is 1. The summed E-state index contributed by atoms with van der Waals surface area (Å²) in [5, 5.41) is 2.12. The molecule has 4 aromatic heterocycles. The Hall–Kier alpha value is -2.45. The van der Waals surface area contributed by atoms with Crippen molar-refractivity contribution in [1.82, 2.24) is 9.97 Å². The lowest BCUT2D eigenvalue weighted by Gasteiger charge is -2.02. The molecule has 0 unspecified atom stereocenters. The first kappa shape index (κ1) is 15.8. The number of aromatic nitrogens is 2. The molecule has 6 heteroatoms. The maximum absolute atomic E-state index is 6.19. The van der Waals surface area contributed by atoms with Gasteiger partial charge in [0.25, 0.3) is 0 Å². The van der Waals surface area contributed by atoms with Crippen molar-refractivity contribution >= 4 is 60.8 Å². The van der Waals surface area contributed by atoms with E-state index in [9.17, 15) is 0 Å². The molecule has 126 valence electrons. The zero-order valence-electron chi connectivity index (χ0n) is 13.4. The third-order valence-corrected chi connectivity index (χ3v) is 6.36. The van der Waals surface area contributed by atoms with Crippen molar-refractivity contribution in [2.45, 2.75) is 0 Å². The van der Waals surface area contributed by atoms with E-state index < -0.39 is 0 Å². The zero-order chi connectivity index (χ0) is 17.7. The van der Waals surface area contributed by atoms with E-state index in [0.29, 0.717) is 11.4 Å². The van der Waals surface area contributed by atoms with Crippen LogP contribution in [0.1, 0.15) is 0 Å². The molecule has 0 aliphatic carbocycles. The van der Waals surface area contributed by atoms with Gasteiger partial charge in [-0.25, -0.2) is 4.98 Å². The van der Waals surface area contributed by atoms with Crippen LogP contribution < -0.4 is 5.73 Å². The first-order valence-corrected chi connectivity index (χ1v) is 9.87. The van der Waals surface area contributed by atoms with Crippen molar-refractivity contribution in [3.8, 4) is 21.8 Å². The highest BCUT2D eigenvalue weighted by Gasteiger charge is 2.20. The summed E-state index contributed by atoms with van der Waals surface area (Å²) in [6, 6.07) is 14.4. The molecule has 0 bridgehead atoms. The first-order chi connectivity index (χ1) is 12.7. The van der Waals surface area contributed by atoms with Crippen LogP contribution in [0, 0.1) is 3.57 Å². The van der Waals surface area contributed by atoms with Crippen molar-refractivity contribution in [2.24, 2.45) is 0 Å². The number of fused-ring (bicyclic) bond motifs is 2. The van der Waals surface area contributed by atoms with E-state index in [4.69, 9.17) is 10.2 Å². The second kappa shape index (κ2) is 6.07. The molecule has 2 N–H and O–H groups in total. The second-order valence-corrected chi connectivity index (χ2v) is 8.10. The molecule has 0 saturated heterocycles. The molecule has 0 spiro atoms. The van der Waals surface area contributed by atoms with Gasteiger partial charge in [0.1, 0.15) is 5.76 Å². The number of furan rings is 1. The third kappa shape index (κ3) is 2.40. The number of nitrogen functional groups attached to an aromatic ring is 1. The van der Waals surface area contributed by atoms with E-state index >= 15 is 0 Å². The predicted molar refractivity (Wildman–Crippen MR) is 115 cm³/mol. The van der Waals surface area contributed by atoms with Gasteiger partial charge in [-0.1, -0.05) is 30.3 Å². The summed E-state index contributed by atoms with van der Waals surface area (Å²) in [6.07, 6.45) is 5.49. The molecular weight excluding hydrogens is 457 g/mol. The summed E-state index contributed by atoms with van der Waals surface area (Å²) in [7, 11) is 0. The molecule has 4 nitrogen and oxygen atoms in total. The zero-order valence-corrected chi connectivity index (χ0v) is 16.4. The van der Waals surface area contributed by atoms with Crippen LogP contribution >= 0.6 is 33.9 Å². The largest absolute Gasteiger partial charge is 0.452 e. The summed E-state index contributed by atoms with van der Waals surface area (Å²) in [6.45, 7) is 0. The van der Waals surface area contributed by atoms with Crippen LogP contribution in [0.15, 0.2) is 65.5 Å². The van der Waals surface area contributed by atoms with Crippen LogP contribution in [-0.2, 0) is 0 Å². The minimum absolute atomic E-state index is 0.411. The fraction of sp³-hybridized carbons (Fsp3) is 0. The quantitative estimate of drug-likeness (QED) is 0.324. The molecule has 5 aromatic rings. The Balaban J connectivity index is 1.87. The number of halogens is 1. The van der Waals surface area contributed by atoms with Crippen molar-refractivity contribution in [2.75, 3.05) is 5.73 Å². The van der Waals surface area contributed by atoms with Gasteiger partial charge in [0.2, 0.25) is 0 Å². The molecule has 0 aliphatic heterocycles. The molecule has 0 atom stereocenters. The number of rotatable bonds is 2. The van der Waals surface area contributed by atoms with E-state index in [1.807, 2.05) is 36.7 Å². The highest BCUT2D eigenvalue weighted by Crippen LogP contribution is 2.46. The topological polar surface area (TPSA) is 64.9 Å². The highest BCUT2D eigenvalue weighted by atomic mass is 127. The standard InChI is InChI=1S/C20H12IN3OS/c21-14-9-24-20(22)18-13(14)8-15(25-18)17-12-6-7-23-10-16(12)26-19(17)11-4-2-1-3-5-11/h1-10H,(H2,22,24). The van der Waals surface area contributed by atoms with Gasteiger partial charge in [0.15, 0.2) is 11.4 Å². The predicted octanol–water partition coefficient (Wildman–Crippen LogP) is 5.96. The lowest BCUT2D eigenvalue weighted by molar-refractivity contribution is 0.632. The monoisotopic (exact) mass is 469 g/mol. The van der Waals surface area contributed by atoms with Crippen LogP contribution in [-0.4, -0.2) is 9.97 Å². The summed E-state index contributed by atoms with van der Waals surface area (Å²) in [5.41, 5.74) is 8.91. The fourth-order valence-corrected chi connectivity index (χ4v) is 4.84. The molecule has 4 heterocycles. The van der Waals surface area contributed by atoms with Crippen LogP contribution in [0.4, 0.5) is 5.82 Å². The smallest absolute Gasteiger partial charge is 0.177 e. The normalized spacial score (nSPS) is 11.4. The van der Waals surface area contributed by atoms with Gasteiger partial charge in [-0.3, -0.25) is 4.98 Å². The van der Waals surface area contributed by atoms with Gasteiger partial charge < -0.3 is 10.2 Å². The minimum atomic E-state index is 0.411. The van der Waals surface area contributed by atoms with Gasteiger partial charge in [-0.2, -0.15) is 0 Å². The molecular formula is C20H12IN3OS. The average Bonchev–Trinajstić information content (AvgIpc) is 3.28. The fourth-order valence-electron chi connectivity index (χ4n) is 3.12. The van der Waals surface area contributed by atoms with E-state index in [0.717, 1.165) is 40.8 Å². The molecule has 0 aliphatic rings. The Morgan fingerprint density at radius 2 is 1.88 bits per heavy atom. The third-order valence-electron chi connectivity index (χ3n) is 4.31. The second-order valence-electron chi connectivity index (χ2n) is 5.89. The van der Waals surface area contributed by atoms with Crippen molar-refractivity contribution in [1.29, 1.82) is 0 Å². The number of hydrogen-bond acceptors (Lipinski definition) is 5. The molecule has 5 rings (SSSR count). The van der Waals surface area contributed by atoms with Gasteiger partial charge in [0.05, 0.1) is 4.70 Å². The molecule has 0 saturated carbocycles. The Morgan fingerprint density at radius 3 is 2.69 bits per heavy atom. The molecule has 1 aromatic carbocycles. The van der Waals surface area contributed by atoms with E-state index in [2.05, 4.69) is 50.8 Å². The number of nitrogens with zero attached hydrogens (tertiary/aromatic N) is 2. The van der Waals surface area contributed by atoms with Gasteiger partial charge in [-0.15, -0.1) is 11.3 Å². The number of thiophene rings is 1.